The van der Waals surface area contributed by atoms with Gasteiger partial charge < -0.3 is 15.4 Å². The molecule has 1 unspecified atom stereocenters. The Morgan fingerprint density at radius 3 is 2.54 bits per heavy atom. The molecule has 0 spiro atoms. The van der Waals surface area contributed by atoms with Crippen LogP contribution in [0.5, 0.6) is 5.75 Å². The molecule has 1 aliphatic heterocycles. The number of carbonyl (C=O) groups is 1. The van der Waals surface area contributed by atoms with Crippen LogP contribution >= 0.6 is 24.8 Å². The Hall–Kier alpha value is -1.01. The van der Waals surface area contributed by atoms with E-state index in [1.165, 1.54) is 0 Å². The molecule has 0 aliphatic carbocycles. The summed E-state index contributed by atoms with van der Waals surface area (Å²) in [7, 11) is 0. The van der Waals surface area contributed by atoms with Crippen LogP contribution in [0, 0.1) is 0 Å². The van der Waals surface area contributed by atoms with Gasteiger partial charge in [0, 0.05) is 31.7 Å². The van der Waals surface area contributed by atoms with E-state index in [0.717, 1.165) is 43.9 Å². The number of carbonyl (C=O) groups excluding carboxylic acids is 1. The number of rotatable bonds is 7. The van der Waals surface area contributed by atoms with Crippen molar-refractivity contribution in [2.45, 2.75) is 26.3 Å². The summed E-state index contributed by atoms with van der Waals surface area (Å²) in [4.78, 5) is 14.5. The third kappa shape index (κ3) is 6.85. The highest BCUT2D eigenvalue weighted by atomic mass is 35.5. The van der Waals surface area contributed by atoms with Crippen LogP contribution in [-0.2, 0) is 4.79 Å². The monoisotopic (exact) mass is 377 g/mol. The van der Waals surface area contributed by atoms with Gasteiger partial charge >= 0.3 is 0 Å². The molecule has 0 radical (unpaired) electrons. The lowest BCUT2D eigenvalue weighted by Crippen LogP contribution is -2.47. The molecule has 0 bridgehead atoms. The van der Waals surface area contributed by atoms with Crippen LogP contribution in [0.2, 0.25) is 0 Å². The zero-order chi connectivity index (χ0) is 15.8. The summed E-state index contributed by atoms with van der Waals surface area (Å²) >= 11 is 0. The lowest BCUT2D eigenvalue weighted by Gasteiger charge is -2.27. The fraction of sp³-hybridized carbons (Fsp3) is 0.588. The molecule has 0 saturated carbocycles. The Morgan fingerprint density at radius 2 is 1.92 bits per heavy atom. The SMILES string of the molecule is CCOc1ccccc1C(CC)NC(=O)CN1CCNCC1.Cl.Cl. The average molecular weight is 378 g/mol. The van der Waals surface area contributed by atoms with E-state index in [1.54, 1.807) is 0 Å². The Labute approximate surface area is 157 Å². The summed E-state index contributed by atoms with van der Waals surface area (Å²) in [6.45, 7) is 8.92. The Bertz CT molecular complexity index is 483. The summed E-state index contributed by atoms with van der Waals surface area (Å²) < 4.78 is 5.68. The van der Waals surface area contributed by atoms with Crippen molar-refractivity contribution in [2.24, 2.45) is 0 Å². The van der Waals surface area contributed by atoms with E-state index in [9.17, 15) is 4.79 Å². The molecule has 1 saturated heterocycles. The maximum Gasteiger partial charge on any atom is 0.234 e. The minimum Gasteiger partial charge on any atom is -0.494 e. The second kappa shape index (κ2) is 12.4. The summed E-state index contributed by atoms with van der Waals surface area (Å²) in [5.41, 5.74) is 1.06. The average Bonchev–Trinajstić information content (AvgIpc) is 2.54. The first-order chi connectivity index (χ1) is 10.7. The van der Waals surface area contributed by atoms with Gasteiger partial charge in [-0.25, -0.2) is 0 Å². The maximum absolute atomic E-state index is 12.3. The van der Waals surface area contributed by atoms with Gasteiger partial charge in [0.2, 0.25) is 5.91 Å². The van der Waals surface area contributed by atoms with E-state index >= 15 is 0 Å². The normalized spacial score (nSPS) is 15.6. The third-order valence-corrected chi connectivity index (χ3v) is 3.91. The van der Waals surface area contributed by atoms with E-state index in [1.807, 2.05) is 31.2 Å². The van der Waals surface area contributed by atoms with E-state index in [-0.39, 0.29) is 36.8 Å². The topological polar surface area (TPSA) is 53.6 Å². The molecule has 0 aromatic heterocycles. The van der Waals surface area contributed by atoms with E-state index in [0.29, 0.717) is 13.2 Å². The lowest BCUT2D eigenvalue weighted by atomic mass is 10.0. The number of hydrogen-bond donors (Lipinski definition) is 2. The highest BCUT2D eigenvalue weighted by Gasteiger charge is 2.19. The molecular formula is C17H29Cl2N3O2. The molecule has 1 aromatic rings. The van der Waals surface area contributed by atoms with Gasteiger partial charge in [-0.15, -0.1) is 24.8 Å². The number of nitrogens with one attached hydrogen (secondary N) is 2. The second-order valence-electron chi connectivity index (χ2n) is 5.53. The zero-order valence-electron chi connectivity index (χ0n) is 14.4. The summed E-state index contributed by atoms with van der Waals surface area (Å²) in [5, 5.41) is 6.45. The number of hydrogen-bond acceptors (Lipinski definition) is 4. The first-order valence-corrected chi connectivity index (χ1v) is 8.18. The summed E-state index contributed by atoms with van der Waals surface area (Å²) in [6, 6.07) is 7.94. The van der Waals surface area contributed by atoms with E-state index in [2.05, 4.69) is 22.5 Å². The quantitative estimate of drug-likeness (QED) is 0.765. The second-order valence-corrected chi connectivity index (χ2v) is 5.53. The van der Waals surface area contributed by atoms with Crippen LogP contribution in [0.4, 0.5) is 0 Å². The largest absolute Gasteiger partial charge is 0.494 e. The third-order valence-electron chi connectivity index (χ3n) is 3.91. The number of piperazine rings is 1. The van der Waals surface area contributed by atoms with Crippen molar-refractivity contribution >= 4 is 30.7 Å². The van der Waals surface area contributed by atoms with Crippen molar-refractivity contribution in [3.05, 3.63) is 29.8 Å². The van der Waals surface area contributed by atoms with Gasteiger partial charge in [-0.2, -0.15) is 0 Å². The molecule has 1 amide bonds. The van der Waals surface area contributed by atoms with E-state index in [4.69, 9.17) is 4.74 Å². The standard InChI is InChI=1S/C17H27N3O2.2ClH/c1-3-15(14-7-5-6-8-16(14)22-4-2)19-17(21)13-20-11-9-18-10-12-20;;/h5-8,15,18H,3-4,9-13H2,1-2H3,(H,19,21);2*1H. The minimum absolute atomic E-state index is 0. The van der Waals surface area contributed by atoms with Gasteiger partial charge in [0.15, 0.2) is 0 Å². The van der Waals surface area contributed by atoms with Crippen molar-refractivity contribution < 1.29 is 9.53 Å². The lowest BCUT2D eigenvalue weighted by molar-refractivity contribution is -0.123. The molecule has 1 fully saturated rings. The number of halogens is 2. The number of nitrogens with zero attached hydrogens (tertiary/aromatic N) is 1. The Balaban J connectivity index is 0.00000264. The van der Waals surface area contributed by atoms with Gasteiger partial charge in [-0.1, -0.05) is 25.1 Å². The van der Waals surface area contributed by atoms with Gasteiger partial charge in [0.05, 0.1) is 19.2 Å². The first kappa shape index (κ1) is 23.0. The van der Waals surface area contributed by atoms with Crippen molar-refractivity contribution in [1.82, 2.24) is 15.5 Å². The number of benzene rings is 1. The fourth-order valence-electron chi connectivity index (χ4n) is 2.77. The van der Waals surface area contributed by atoms with Crippen LogP contribution < -0.4 is 15.4 Å². The molecule has 138 valence electrons. The Kier molecular flexibility index (Phi) is 11.8. The van der Waals surface area contributed by atoms with Crippen molar-refractivity contribution in [1.29, 1.82) is 0 Å². The fourth-order valence-corrected chi connectivity index (χ4v) is 2.77. The number of ether oxygens (including phenoxy) is 1. The van der Waals surface area contributed by atoms with Crippen LogP contribution in [0.25, 0.3) is 0 Å². The smallest absolute Gasteiger partial charge is 0.234 e. The molecule has 24 heavy (non-hydrogen) atoms. The van der Waals surface area contributed by atoms with Gasteiger partial charge in [-0.3, -0.25) is 9.69 Å². The highest BCUT2D eigenvalue weighted by Crippen LogP contribution is 2.27. The van der Waals surface area contributed by atoms with Gasteiger partial charge in [-0.05, 0) is 19.4 Å². The summed E-state index contributed by atoms with van der Waals surface area (Å²) in [6.07, 6.45) is 0.845. The van der Waals surface area contributed by atoms with Crippen molar-refractivity contribution in [3.8, 4) is 5.75 Å². The maximum atomic E-state index is 12.3. The predicted molar refractivity (Wildman–Crippen MR) is 103 cm³/mol. The number of amides is 1. The molecule has 5 nitrogen and oxygen atoms in total. The molecule has 1 aliphatic rings. The molecule has 7 heteroatoms. The molecule has 1 aromatic carbocycles. The molecule has 2 rings (SSSR count). The van der Waals surface area contributed by atoms with Crippen LogP contribution in [0.15, 0.2) is 24.3 Å². The first-order valence-electron chi connectivity index (χ1n) is 8.18. The van der Waals surface area contributed by atoms with Gasteiger partial charge in [0.25, 0.3) is 0 Å². The summed E-state index contributed by atoms with van der Waals surface area (Å²) in [5.74, 6) is 0.944. The van der Waals surface area contributed by atoms with E-state index < -0.39 is 0 Å². The zero-order valence-corrected chi connectivity index (χ0v) is 16.0. The molecule has 1 atom stereocenters. The number of para-hydroxylation sites is 1. The van der Waals surface area contributed by atoms with Crippen LogP contribution in [-0.4, -0.2) is 50.1 Å². The van der Waals surface area contributed by atoms with Crippen LogP contribution in [0.3, 0.4) is 0 Å². The molecular weight excluding hydrogens is 349 g/mol. The minimum atomic E-state index is -0.00170. The Morgan fingerprint density at radius 1 is 1.25 bits per heavy atom. The predicted octanol–water partition coefficient (Wildman–Crippen LogP) is 2.40. The van der Waals surface area contributed by atoms with Gasteiger partial charge in [0.1, 0.15) is 5.75 Å². The van der Waals surface area contributed by atoms with Crippen molar-refractivity contribution in [3.63, 3.8) is 0 Å². The van der Waals surface area contributed by atoms with Crippen molar-refractivity contribution in [2.75, 3.05) is 39.3 Å². The van der Waals surface area contributed by atoms with Crippen LogP contribution in [0.1, 0.15) is 31.9 Å². The molecule has 2 N–H and O–H groups in total. The highest BCUT2D eigenvalue weighted by molar-refractivity contribution is 5.85. The molecule has 1 heterocycles.